The molecule has 2 heterocycles. The number of nitrogens with zero attached hydrogens (tertiary/aromatic N) is 1. The van der Waals surface area contributed by atoms with Crippen LogP contribution in [0.15, 0.2) is 35.2 Å². The molecule has 0 bridgehead atoms. The zero-order chi connectivity index (χ0) is 19.4. The van der Waals surface area contributed by atoms with E-state index in [-0.39, 0.29) is 21.6 Å². The number of thioether (sulfide) groups is 1. The molecular weight excluding hydrogens is 447 g/mol. The Bertz CT molecular complexity index is 925. The Balaban J connectivity index is 1.62. The van der Waals surface area contributed by atoms with Gasteiger partial charge in [0.2, 0.25) is 15.9 Å². The fourth-order valence-corrected chi connectivity index (χ4v) is 6.76. The summed E-state index contributed by atoms with van der Waals surface area (Å²) >= 11 is 15.0. The Hall–Kier alpha value is -0.770. The molecule has 1 aliphatic rings. The number of rotatable bonds is 7. The summed E-state index contributed by atoms with van der Waals surface area (Å²) < 4.78 is 27.6. The minimum Gasteiger partial charge on any atom is -0.325 e. The van der Waals surface area contributed by atoms with E-state index in [1.165, 1.54) is 39.5 Å². The standard InChI is InChI=1S/C17H18Cl2N2O3S3/c18-14-5-3-12(9-15(14)27(23,24)21-7-1-2-8-21)20-17(22)11-25-10-13-4-6-16(19)26-13/h3-6,9H,1-2,7-8,10-11H2,(H,20,22). The summed E-state index contributed by atoms with van der Waals surface area (Å²) in [6.45, 7) is 0.997. The van der Waals surface area contributed by atoms with E-state index in [1.54, 1.807) is 6.07 Å². The van der Waals surface area contributed by atoms with Crippen LogP contribution in [-0.2, 0) is 20.6 Å². The van der Waals surface area contributed by atoms with Gasteiger partial charge >= 0.3 is 0 Å². The van der Waals surface area contributed by atoms with Crippen molar-refractivity contribution in [3.05, 3.63) is 44.6 Å². The number of carbonyl (C=O) groups excluding carboxylic acids is 1. The van der Waals surface area contributed by atoms with Crippen molar-refractivity contribution in [2.24, 2.45) is 0 Å². The van der Waals surface area contributed by atoms with Crippen LogP contribution in [0.25, 0.3) is 0 Å². The van der Waals surface area contributed by atoms with Crippen LogP contribution in [0.1, 0.15) is 17.7 Å². The Morgan fingerprint density at radius 2 is 1.93 bits per heavy atom. The normalized spacial score (nSPS) is 15.2. The molecule has 0 unspecified atom stereocenters. The first-order valence-corrected chi connectivity index (χ1v) is 12.4. The first-order valence-electron chi connectivity index (χ1n) is 8.28. The Labute approximate surface area is 177 Å². The summed E-state index contributed by atoms with van der Waals surface area (Å²) in [4.78, 5) is 13.3. The van der Waals surface area contributed by atoms with Crippen molar-refractivity contribution < 1.29 is 13.2 Å². The van der Waals surface area contributed by atoms with E-state index in [4.69, 9.17) is 23.2 Å². The molecule has 1 saturated heterocycles. The number of thiophene rings is 1. The molecular formula is C17H18Cl2N2O3S3. The van der Waals surface area contributed by atoms with Gasteiger partial charge in [-0.05, 0) is 43.2 Å². The van der Waals surface area contributed by atoms with E-state index in [0.29, 0.717) is 24.5 Å². The number of hydrogen-bond donors (Lipinski definition) is 1. The first kappa shape index (κ1) is 21.0. The average Bonchev–Trinajstić information content (AvgIpc) is 3.29. The molecule has 5 nitrogen and oxygen atoms in total. The van der Waals surface area contributed by atoms with E-state index in [0.717, 1.165) is 22.1 Å². The van der Waals surface area contributed by atoms with Crippen LogP contribution >= 0.6 is 46.3 Å². The van der Waals surface area contributed by atoms with Crippen molar-refractivity contribution in [3.8, 4) is 0 Å². The van der Waals surface area contributed by atoms with Gasteiger partial charge in [-0.2, -0.15) is 4.31 Å². The minimum atomic E-state index is -3.64. The van der Waals surface area contributed by atoms with Crippen LogP contribution in [0.3, 0.4) is 0 Å². The molecule has 27 heavy (non-hydrogen) atoms. The second-order valence-corrected chi connectivity index (χ2v) is 11.1. The van der Waals surface area contributed by atoms with Crippen LogP contribution in [-0.4, -0.2) is 37.5 Å². The highest BCUT2D eigenvalue weighted by atomic mass is 35.5. The fraction of sp³-hybridized carbons (Fsp3) is 0.353. The van der Waals surface area contributed by atoms with Crippen molar-refractivity contribution in [1.29, 1.82) is 0 Å². The summed E-state index contributed by atoms with van der Waals surface area (Å²) in [5.41, 5.74) is 0.418. The highest BCUT2D eigenvalue weighted by molar-refractivity contribution is 7.99. The van der Waals surface area contributed by atoms with Crippen LogP contribution in [0.4, 0.5) is 5.69 Å². The number of anilines is 1. The minimum absolute atomic E-state index is 0.0322. The van der Waals surface area contributed by atoms with Crippen LogP contribution in [0, 0.1) is 0 Å². The molecule has 1 aromatic heterocycles. The summed E-state index contributed by atoms with van der Waals surface area (Å²) in [5, 5.41) is 2.90. The van der Waals surface area contributed by atoms with Gasteiger partial charge in [-0.25, -0.2) is 8.42 Å². The number of amides is 1. The molecule has 1 fully saturated rings. The predicted octanol–water partition coefficient (Wildman–Crippen LogP) is 4.71. The lowest BCUT2D eigenvalue weighted by Crippen LogP contribution is -2.28. The third-order valence-corrected chi connectivity index (χ3v) is 8.78. The predicted molar refractivity (Wildman–Crippen MR) is 114 cm³/mol. The van der Waals surface area contributed by atoms with Gasteiger partial charge in [-0.3, -0.25) is 4.79 Å². The van der Waals surface area contributed by atoms with Crippen LogP contribution in [0.5, 0.6) is 0 Å². The van der Waals surface area contributed by atoms with Crippen molar-refractivity contribution in [2.45, 2.75) is 23.5 Å². The van der Waals surface area contributed by atoms with Crippen molar-refractivity contribution in [1.82, 2.24) is 4.31 Å². The van der Waals surface area contributed by atoms with Gasteiger partial charge in [-0.15, -0.1) is 23.1 Å². The first-order chi connectivity index (χ1) is 12.9. The number of benzene rings is 1. The summed E-state index contributed by atoms with van der Waals surface area (Å²) in [6, 6.07) is 8.30. The summed E-state index contributed by atoms with van der Waals surface area (Å²) in [7, 11) is -3.64. The van der Waals surface area contributed by atoms with Gasteiger partial charge in [0.15, 0.2) is 0 Å². The summed E-state index contributed by atoms with van der Waals surface area (Å²) in [5.74, 6) is 0.751. The molecule has 0 aliphatic carbocycles. The molecule has 1 aromatic carbocycles. The topological polar surface area (TPSA) is 66.5 Å². The maximum atomic E-state index is 12.7. The Morgan fingerprint density at radius 3 is 2.59 bits per heavy atom. The van der Waals surface area contributed by atoms with Gasteiger partial charge < -0.3 is 5.32 Å². The lowest BCUT2D eigenvalue weighted by Gasteiger charge is -2.17. The van der Waals surface area contributed by atoms with Crippen molar-refractivity contribution in [2.75, 3.05) is 24.2 Å². The largest absolute Gasteiger partial charge is 0.325 e. The van der Waals surface area contributed by atoms with Crippen molar-refractivity contribution >= 4 is 67.9 Å². The highest BCUT2D eigenvalue weighted by Gasteiger charge is 2.29. The molecule has 146 valence electrons. The lowest BCUT2D eigenvalue weighted by atomic mass is 10.3. The third-order valence-electron chi connectivity index (χ3n) is 4.00. The van der Waals surface area contributed by atoms with E-state index < -0.39 is 10.0 Å². The fourth-order valence-electron chi connectivity index (χ4n) is 2.72. The molecule has 1 N–H and O–H groups in total. The SMILES string of the molecule is O=C(CSCc1ccc(Cl)s1)Nc1ccc(Cl)c(S(=O)(=O)N2CCCC2)c1. The van der Waals surface area contributed by atoms with E-state index in [9.17, 15) is 13.2 Å². The molecule has 3 rings (SSSR count). The van der Waals surface area contributed by atoms with Gasteiger partial charge in [0.1, 0.15) is 4.90 Å². The molecule has 10 heteroatoms. The Morgan fingerprint density at radius 1 is 1.19 bits per heavy atom. The molecule has 0 saturated carbocycles. The van der Waals surface area contributed by atoms with Crippen LogP contribution in [0.2, 0.25) is 9.36 Å². The second-order valence-electron chi connectivity index (χ2n) is 6.00. The zero-order valence-electron chi connectivity index (χ0n) is 14.3. The zero-order valence-corrected chi connectivity index (χ0v) is 18.2. The summed E-state index contributed by atoms with van der Waals surface area (Å²) in [6.07, 6.45) is 1.69. The van der Waals surface area contributed by atoms with Crippen LogP contribution < -0.4 is 5.32 Å². The molecule has 1 amide bonds. The number of halogens is 2. The van der Waals surface area contributed by atoms with Crippen molar-refractivity contribution in [3.63, 3.8) is 0 Å². The number of sulfonamides is 1. The van der Waals surface area contributed by atoms with E-state index >= 15 is 0 Å². The number of nitrogens with one attached hydrogen (secondary N) is 1. The number of carbonyl (C=O) groups is 1. The Kier molecular flexibility index (Phi) is 7.10. The number of hydrogen-bond acceptors (Lipinski definition) is 5. The molecule has 0 spiro atoms. The van der Waals surface area contributed by atoms with Gasteiger partial charge in [-0.1, -0.05) is 23.2 Å². The second kappa shape index (κ2) is 9.15. The maximum absolute atomic E-state index is 12.7. The molecule has 0 atom stereocenters. The highest BCUT2D eigenvalue weighted by Crippen LogP contribution is 2.30. The lowest BCUT2D eigenvalue weighted by molar-refractivity contribution is -0.113. The third kappa shape index (κ3) is 5.40. The average molecular weight is 465 g/mol. The maximum Gasteiger partial charge on any atom is 0.244 e. The smallest absolute Gasteiger partial charge is 0.244 e. The monoisotopic (exact) mass is 464 g/mol. The molecule has 0 radical (unpaired) electrons. The quantitative estimate of drug-likeness (QED) is 0.643. The van der Waals surface area contributed by atoms with E-state index in [1.807, 2.05) is 12.1 Å². The van der Waals surface area contributed by atoms with Gasteiger partial charge in [0.05, 0.1) is 15.1 Å². The van der Waals surface area contributed by atoms with E-state index in [2.05, 4.69) is 5.32 Å². The molecule has 1 aliphatic heterocycles. The molecule has 2 aromatic rings. The van der Waals surface area contributed by atoms with Gasteiger partial charge in [0, 0.05) is 29.4 Å². The van der Waals surface area contributed by atoms with Gasteiger partial charge in [0.25, 0.3) is 0 Å².